The molecule has 1 atom stereocenters. The lowest BCUT2D eigenvalue weighted by molar-refractivity contribution is 0.0736. The van der Waals surface area contributed by atoms with E-state index in [2.05, 4.69) is 20.5 Å². The monoisotopic (exact) mass is 771 g/mol. The number of amides is 3. The summed E-state index contributed by atoms with van der Waals surface area (Å²) in [6.07, 6.45) is 0.838. The topological polar surface area (TPSA) is 234 Å². The molecule has 1 aliphatic heterocycles. The number of carbonyl (C=O) groups excluding carboxylic acids is 2. The predicted molar refractivity (Wildman–Crippen MR) is 191 cm³/mol. The van der Waals surface area contributed by atoms with Gasteiger partial charge in [-0.25, -0.2) is 23.5 Å². The summed E-state index contributed by atoms with van der Waals surface area (Å²) in [5.41, 5.74) is 0.458. The van der Waals surface area contributed by atoms with E-state index >= 15 is 8.78 Å². The summed E-state index contributed by atoms with van der Waals surface area (Å²) in [5.74, 6) is -4.60. The van der Waals surface area contributed by atoms with Gasteiger partial charge in [0.2, 0.25) is 5.95 Å². The number of hydrogen-bond donors (Lipinski definition) is 4. The van der Waals surface area contributed by atoms with Crippen molar-refractivity contribution in [2.45, 2.75) is 52.5 Å². The van der Waals surface area contributed by atoms with Gasteiger partial charge in [0.05, 0.1) is 12.2 Å². The van der Waals surface area contributed by atoms with Crippen LogP contribution in [0.4, 0.5) is 31.0 Å². The van der Waals surface area contributed by atoms with Gasteiger partial charge in [0.1, 0.15) is 23.1 Å². The van der Waals surface area contributed by atoms with Gasteiger partial charge in [0, 0.05) is 29.8 Å². The maximum atomic E-state index is 15.1. The zero-order valence-corrected chi connectivity index (χ0v) is 30.7. The van der Waals surface area contributed by atoms with Gasteiger partial charge in [0.25, 0.3) is 26.1 Å². The van der Waals surface area contributed by atoms with Crippen molar-refractivity contribution in [2.75, 3.05) is 48.7 Å². The SMILES string of the molecule is CCCN(C(=O)c1ccc(C)c(-c2nc(NCCCN(CC)CC)nc3c2CNC(=O)N3c2c(F)cccc2F)c1)C(CS(=O)(=O)O)S(=O)(=O)O.O. The van der Waals surface area contributed by atoms with E-state index in [4.69, 9.17) is 4.98 Å². The average molecular weight is 772 g/mol. The Morgan fingerprint density at radius 2 is 1.69 bits per heavy atom. The van der Waals surface area contributed by atoms with E-state index in [1.165, 1.54) is 18.2 Å². The highest BCUT2D eigenvalue weighted by molar-refractivity contribution is 7.90. The number of nitrogens with zero attached hydrogens (tertiary/aromatic N) is 5. The van der Waals surface area contributed by atoms with Crippen LogP contribution in [0.3, 0.4) is 0 Å². The van der Waals surface area contributed by atoms with E-state index in [1.807, 2.05) is 13.8 Å². The second-order valence-electron chi connectivity index (χ2n) is 11.8. The van der Waals surface area contributed by atoms with Crippen molar-refractivity contribution in [2.24, 2.45) is 0 Å². The molecule has 52 heavy (non-hydrogen) atoms. The highest BCUT2D eigenvalue weighted by Gasteiger charge is 2.38. The fraction of sp³-hybridized carbons (Fsp3) is 0.438. The number of urea groups is 1. The minimum absolute atomic E-state index is 0. The van der Waals surface area contributed by atoms with Crippen LogP contribution in [0.5, 0.6) is 0 Å². The Kier molecular flexibility index (Phi) is 14.1. The number of halogens is 2. The Balaban J connectivity index is 0.00000729. The number of fused-ring (bicyclic) bond motifs is 1. The van der Waals surface area contributed by atoms with Crippen LogP contribution >= 0.6 is 0 Å². The summed E-state index contributed by atoms with van der Waals surface area (Å²) in [5, 5.41) is 3.40. The highest BCUT2D eigenvalue weighted by Crippen LogP contribution is 2.39. The van der Waals surface area contributed by atoms with Gasteiger partial charge in [-0.1, -0.05) is 32.9 Å². The lowest BCUT2D eigenvalue weighted by Gasteiger charge is -2.31. The lowest BCUT2D eigenvalue weighted by atomic mass is 9.97. The number of aryl methyl sites for hydroxylation is 1. The lowest BCUT2D eigenvalue weighted by Crippen LogP contribution is -2.48. The van der Waals surface area contributed by atoms with Crippen molar-refractivity contribution in [1.29, 1.82) is 0 Å². The minimum atomic E-state index is -5.20. The summed E-state index contributed by atoms with van der Waals surface area (Å²) in [4.78, 5) is 39.9. The smallest absolute Gasteiger partial charge is 0.328 e. The van der Waals surface area contributed by atoms with Crippen LogP contribution in [0, 0.1) is 18.6 Å². The van der Waals surface area contributed by atoms with Gasteiger partial charge in [-0.05, 0) is 69.2 Å². The van der Waals surface area contributed by atoms with Gasteiger partial charge in [-0.3, -0.25) is 13.9 Å². The van der Waals surface area contributed by atoms with Crippen LogP contribution in [-0.2, 0) is 26.8 Å². The summed E-state index contributed by atoms with van der Waals surface area (Å²) < 4.78 is 97.5. The molecule has 0 bridgehead atoms. The predicted octanol–water partition coefficient (Wildman–Crippen LogP) is 3.36. The van der Waals surface area contributed by atoms with Crippen molar-refractivity contribution < 1.29 is 49.8 Å². The Hall–Kier alpha value is -4.34. The zero-order valence-electron chi connectivity index (χ0n) is 29.1. The molecule has 0 radical (unpaired) electrons. The number of aromatic nitrogens is 2. The van der Waals surface area contributed by atoms with Gasteiger partial charge < -0.3 is 25.9 Å². The molecule has 1 unspecified atom stereocenters. The molecule has 0 spiro atoms. The van der Waals surface area contributed by atoms with Crippen molar-refractivity contribution >= 4 is 49.6 Å². The number of benzene rings is 2. The third-order valence-electron chi connectivity index (χ3n) is 8.32. The first-order valence-corrected chi connectivity index (χ1v) is 19.3. The van der Waals surface area contributed by atoms with Gasteiger partial charge >= 0.3 is 6.03 Å². The quantitative estimate of drug-likeness (QED) is 0.121. The molecule has 2 aromatic carbocycles. The van der Waals surface area contributed by atoms with Crippen LogP contribution in [0.15, 0.2) is 36.4 Å². The molecule has 20 heteroatoms. The van der Waals surface area contributed by atoms with E-state index < -0.39 is 60.6 Å². The van der Waals surface area contributed by atoms with Gasteiger partial charge in [0.15, 0.2) is 11.2 Å². The van der Waals surface area contributed by atoms with Crippen molar-refractivity contribution in [3.63, 3.8) is 0 Å². The van der Waals surface area contributed by atoms with E-state index in [0.29, 0.717) is 29.0 Å². The van der Waals surface area contributed by atoms with E-state index in [-0.39, 0.29) is 53.6 Å². The maximum Gasteiger partial charge on any atom is 0.328 e. The third-order valence-corrected chi connectivity index (χ3v) is 10.4. The second-order valence-corrected chi connectivity index (χ2v) is 14.9. The number of anilines is 3. The molecule has 0 fully saturated rings. The molecule has 6 N–H and O–H groups in total. The number of para-hydroxylation sites is 1. The van der Waals surface area contributed by atoms with Crippen molar-refractivity contribution in [3.8, 4) is 11.3 Å². The molecule has 3 aromatic rings. The summed E-state index contributed by atoms with van der Waals surface area (Å²) in [7, 11) is -10.2. The van der Waals surface area contributed by atoms with Crippen LogP contribution in [-0.4, -0.2) is 107 Å². The fourth-order valence-electron chi connectivity index (χ4n) is 5.72. The number of carbonyl (C=O) groups is 2. The molecule has 4 rings (SSSR count). The minimum Gasteiger partial charge on any atom is -0.412 e. The first-order chi connectivity index (χ1) is 24.0. The summed E-state index contributed by atoms with van der Waals surface area (Å²) >= 11 is 0. The Morgan fingerprint density at radius 1 is 1.04 bits per heavy atom. The first kappa shape index (κ1) is 42.1. The normalized spacial score (nSPS) is 13.6. The van der Waals surface area contributed by atoms with Crippen molar-refractivity contribution in [3.05, 3.63) is 64.7 Å². The van der Waals surface area contributed by atoms with Crippen LogP contribution in [0.25, 0.3) is 11.3 Å². The number of hydrogen-bond acceptors (Lipinski definition) is 10. The molecule has 1 aliphatic rings. The van der Waals surface area contributed by atoms with E-state index in [0.717, 1.165) is 42.7 Å². The third kappa shape index (κ3) is 9.75. The van der Waals surface area contributed by atoms with Crippen LogP contribution in [0.2, 0.25) is 0 Å². The molecule has 1 aromatic heterocycles. The molecule has 0 saturated heterocycles. The molecule has 0 saturated carbocycles. The molecular weight excluding hydrogens is 729 g/mol. The molecular formula is C32H43F2N7O9S2. The van der Waals surface area contributed by atoms with Gasteiger partial charge in [-0.2, -0.15) is 21.8 Å². The van der Waals surface area contributed by atoms with Crippen molar-refractivity contribution in [1.82, 2.24) is 25.1 Å². The van der Waals surface area contributed by atoms with Crippen LogP contribution in [0.1, 0.15) is 55.1 Å². The summed E-state index contributed by atoms with van der Waals surface area (Å²) in [6, 6.07) is 6.55. The molecule has 16 nitrogen and oxygen atoms in total. The van der Waals surface area contributed by atoms with Gasteiger partial charge in [-0.15, -0.1) is 0 Å². The Morgan fingerprint density at radius 3 is 2.27 bits per heavy atom. The fourth-order valence-corrected chi connectivity index (χ4v) is 7.99. The molecule has 2 heterocycles. The van der Waals surface area contributed by atoms with E-state index in [1.54, 1.807) is 13.8 Å². The molecule has 286 valence electrons. The van der Waals surface area contributed by atoms with E-state index in [9.17, 15) is 35.5 Å². The van der Waals surface area contributed by atoms with Crippen LogP contribution < -0.4 is 15.5 Å². The first-order valence-electron chi connectivity index (χ1n) is 16.2. The summed E-state index contributed by atoms with van der Waals surface area (Å²) in [6.45, 7) is 9.73. The number of rotatable bonds is 16. The average Bonchev–Trinajstić information content (AvgIpc) is 3.06. The highest BCUT2D eigenvalue weighted by atomic mass is 32.2. The molecule has 0 aliphatic carbocycles. The second kappa shape index (κ2) is 17.5. The maximum absolute atomic E-state index is 15.1. The zero-order chi connectivity index (χ0) is 37.7. The molecule has 3 amide bonds. The number of nitrogens with one attached hydrogen (secondary N) is 2. The largest absolute Gasteiger partial charge is 0.412 e. The Bertz CT molecular complexity index is 1980. The Labute approximate surface area is 301 Å². The standard InChI is InChI=1S/C32H41F2N7O8S2.H2O/c1-5-15-40(26(51(47,48)49)19-50(44,45)46)30(42)21-13-12-20(4)22(17-21)27-23-18-36-32(43)41(28-24(33)10-8-11-25(28)34)29(23)38-31(37-27)35-14-9-16-39(6-2)7-3;/h8,10-13,17,26H,5-7,9,14-16,18-19H2,1-4H3,(H,36,43)(H,35,37,38)(H,44,45,46)(H,47,48,49);1H2.